The van der Waals surface area contributed by atoms with Crippen LogP contribution in [0.2, 0.25) is 0 Å². The number of nitrogens with zero attached hydrogens (tertiary/aromatic N) is 3. The summed E-state index contributed by atoms with van der Waals surface area (Å²) >= 11 is 0. The highest BCUT2D eigenvalue weighted by molar-refractivity contribution is 14.0. The van der Waals surface area contributed by atoms with Crippen molar-refractivity contribution in [1.82, 2.24) is 15.1 Å². The van der Waals surface area contributed by atoms with Crippen LogP contribution in [0.3, 0.4) is 0 Å². The molecule has 9 heteroatoms. The molecule has 1 unspecified atom stereocenters. The first-order chi connectivity index (χ1) is 14.6. The second-order valence-electron chi connectivity index (χ2n) is 7.71. The number of amides is 2. The monoisotopic (exact) mass is 543 g/mol. The van der Waals surface area contributed by atoms with E-state index in [1.807, 2.05) is 36.1 Å². The molecule has 2 fully saturated rings. The fraction of sp³-hybridized carbons (Fsp3) is 0.591. The minimum Gasteiger partial charge on any atom is -0.368 e. The lowest BCUT2D eigenvalue weighted by Gasteiger charge is -2.37. The average Bonchev–Trinajstić information content (AvgIpc) is 3.30. The molecule has 0 aliphatic carbocycles. The number of carbonyl (C=O) groups is 2. The molecule has 2 N–H and O–H groups in total. The molecule has 8 nitrogen and oxygen atoms in total. The Hall–Kier alpha value is -1.88. The molecule has 2 amide bonds. The Morgan fingerprint density at radius 2 is 1.81 bits per heavy atom. The minimum atomic E-state index is -0.247. The normalized spacial score (nSPS) is 19.0. The summed E-state index contributed by atoms with van der Waals surface area (Å²) in [7, 11) is 1.78. The largest absolute Gasteiger partial charge is 0.368 e. The van der Waals surface area contributed by atoms with Crippen molar-refractivity contribution in [2.75, 3.05) is 45.2 Å². The number of anilines is 1. The maximum absolute atomic E-state index is 12.5. The Morgan fingerprint density at radius 1 is 1.13 bits per heavy atom. The number of ether oxygens (including phenoxy) is 1. The summed E-state index contributed by atoms with van der Waals surface area (Å²) in [6.07, 6.45) is 2.93. The Bertz CT molecular complexity index is 742. The maximum atomic E-state index is 12.5. The van der Waals surface area contributed by atoms with E-state index in [4.69, 9.17) is 4.74 Å². The molecule has 0 saturated carbocycles. The van der Waals surface area contributed by atoms with Gasteiger partial charge in [0.1, 0.15) is 6.10 Å². The zero-order valence-electron chi connectivity index (χ0n) is 18.4. The van der Waals surface area contributed by atoms with Crippen LogP contribution >= 0.6 is 24.0 Å². The van der Waals surface area contributed by atoms with Crippen molar-refractivity contribution in [2.45, 2.75) is 45.3 Å². The lowest BCUT2D eigenvalue weighted by molar-refractivity contribution is -0.142. The van der Waals surface area contributed by atoms with Gasteiger partial charge in [0, 0.05) is 58.5 Å². The predicted molar refractivity (Wildman–Crippen MR) is 133 cm³/mol. The van der Waals surface area contributed by atoms with E-state index in [0.29, 0.717) is 32.7 Å². The third-order valence-electron chi connectivity index (χ3n) is 5.47. The van der Waals surface area contributed by atoms with E-state index in [1.165, 1.54) is 0 Å². The van der Waals surface area contributed by atoms with E-state index >= 15 is 0 Å². The molecule has 0 radical (unpaired) electrons. The minimum absolute atomic E-state index is 0. The van der Waals surface area contributed by atoms with Gasteiger partial charge in [0.15, 0.2) is 5.96 Å². The molecule has 1 atom stereocenters. The fourth-order valence-electron chi connectivity index (χ4n) is 3.78. The van der Waals surface area contributed by atoms with Gasteiger partial charge in [0.2, 0.25) is 5.91 Å². The molecule has 0 bridgehead atoms. The Morgan fingerprint density at radius 3 is 2.39 bits per heavy atom. The second kappa shape index (κ2) is 12.8. The van der Waals surface area contributed by atoms with E-state index in [2.05, 4.69) is 20.5 Å². The van der Waals surface area contributed by atoms with Crippen LogP contribution in [-0.2, 0) is 20.9 Å². The van der Waals surface area contributed by atoms with Gasteiger partial charge in [-0.05, 0) is 37.0 Å². The number of nitrogens with one attached hydrogen (secondary N) is 2. The van der Waals surface area contributed by atoms with Crippen molar-refractivity contribution in [3.63, 3.8) is 0 Å². The third-order valence-corrected chi connectivity index (χ3v) is 5.47. The van der Waals surface area contributed by atoms with Gasteiger partial charge >= 0.3 is 0 Å². The predicted octanol–water partition coefficient (Wildman–Crippen LogP) is 2.44. The molecule has 3 rings (SSSR count). The summed E-state index contributed by atoms with van der Waals surface area (Å²) < 4.78 is 5.53. The van der Waals surface area contributed by atoms with Crippen molar-refractivity contribution in [1.29, 1.82) is 0 Å². The van der Waals surface area contributed by atoms with Crippen LogP contribution in [0.5, 0.6) is 0 Å². The van der Waals surface area contributed by atoms with Crippen LogP contribution in [0.4, 0.5) is 5.69 Å². The van der Waals surface area contributed by atoms with Crippen LogP contribution in [0.25, 0.3) is 0 Å². The fourth-order valence-corrected chi connectivity index (χ4v) is 3.78. The number of aliphatic imine (C=N–C) groups is 1. The SMILES string of the molecule is CCCC(=O)Nc1ccc(CNC(=NC)N2CCN(C(=O)C3CCCO3)CC2)cc1.I. The Kier molecular flexibility index (Phi) is 10.5. The highest BCUT2D eigenvalue weighted by Gasteiger charge is 2.30. The molecule has 2 aliphatic heterocycles. The van der Waals surface area contributed by atoms with E-state index in [0.717, 1.165) is 49.6 Å². The first-order valence-electron chi connectivity index (χ1n) is 10.9. The molecule has 2 saturated heterocycles. The standard InChI is InChI=1S/C22H33N5O3.HI/c1-3-5-20(28)25-18-9-7-17(8-10-18)16-24-22(23-2)27-13-11-26(12-14-27)21(29)19-6-4-15-30-19;/h7-10,19H,3-6,11-16H2,1-2H3,(H,23,24)(H,25,28);1H. The van der Waals surface area contributed by atoms with E-state index < -0.39 is 0 Å². The molecule has 2 aliphatic rings. The van der Waals surface area contributed by atoms with E-state index in [9.17, 15) is 9.59 Å². The van der Waals surface area contributed by atoms with Crippen LogP contribution in [0, 0.1) is 0 Å². The van der Waals surface area contributed by atoms with Crippen LogP contribution in [0.1, 0.15) is 38.2 Å². The van der Waals surface area contributed by atoms with Crippen LogP contribution in [0.15, 0.2) is 29.3 Å². The van der Waals surface area contributed by atoms with Crippen LogP contribution < -0.4 is 10.6 Å². The van der Waals surface area contributed by atoms with Crippen molar-refractivity contribution < 1.29 is 14.3 Å². The lowest BCUT2D eigenvalue weighted by atomic mass is 10.2. The Labute approximate surface area is 201 Å². The summed E-state index contributed by atoms with van der Waals surface area (Å²) in [5, 5.41) is 6.29. The van der Waals surface area contributed by atoms with Gasteiger partial charge in [-0.15, -0.1) is 24.0 Å². The second-order valence-corrected chi connectivity index (χ2v) is 7.71. The highest BCUT2D eigenvalue weighted by atomic mass is 127. The van der Waals surface area contributed by atoms with Crippen LogP contribution in [-0.4, -0.2) is 73.5 Å². The number of hydrogen-bond donors (Lipinski definition) is 2. The van der Waals surface area contributed by atoms with Crippen molar-refractivity contribution >= 4 is 47.4 Å². The summed E-state index contributed by atoms with van der Waals surface area (Å²) in [6, 6.07) is 7.84. The first-order valence-corrected chi connectivity index (χ1v) is 10.9. The summed E-state index contributed by atoms with van der Waals surface area (Å²) in [5.74, 6) is 1.00. The number of carbonyl (C=O) groups excluding carboxylic acids is 2. The van der Waals surface area contributed by atoms with Gasteiger partial charge in [-0.3, -0.25) is 14.6 Å². The molecule has 2 heterocycles. The molecule has 0 aromatic heterocycles. The number of benzene rings is 1. The van der Waals surface area contributed by atoms with Gasteiger partial charge in [-0.1, -0.05) is 19.1 Å². The summed E-state index contributed by atoms with van der Waals surface area (Å²) in [4.78, 5) is 32.7. The van der Waals surface area contributed by atoms with Gasteiger partial charge < -0.3 is 25.2 Å². The number of hydrogen-bond acceptors (Lipinski definition) is 4. The summed E-state index contributed by atoms with van der Waals surface area (Å²) in [5.41, 5.74) is 1.92. The molecular weight excluding hydrogens is 509 g/mol. The smallest absolute Gasteiger partial charge is 0.251 e. The van der Waals surface area contributed by atoms with E-state index in [1.54, 1.807) is 7.05 Å². The average molecular weight is 543 g/mol. The number of halogens is 1. The first kappa shape index (κ1) is 25.4. The molecule has 172 valence electrons. The lowest BCUT2D eigenvalue weighted by Crippen LogP contribution is -2.55. The highest BCUT2D eigenvalue weighted by Crippen LogP contribution is 2.16. The molecular formula is C22H34IN5O3. The van der Waals surface area contributed by atoms with E-state index in [-0.39, 0.29) is 41.9 Å². The summed E-state index contributed by atoms with van der Waals surface area (Å²) in [6.45, 7) is 6.20. The number of piperazine rings is 1. The molecule has 31 heavy (non-hydrogen) atoms. The van der Waals surface area contributed by atoms with Crippen molar-refractivity contribution in [3.8, 4) is 0 Å². The topological polar surface area (TPSA) is 86.3 Å². The van der Waals surface area contributed by atoms with Crippen molar-refractivity contribution in [3.05, 3.63) is 29.8 Å². The van der Waals surface area contributed by atoms with Gasteiger partial charge in [0.05, 0.1) is 0 Å². The van der Waals surface area contributed by atoms with Gasteiger partial charge in [0.25, 0.3) is 5.91 Å². The quantitative estimate of drug-likeness (QED) is 0.327. The number of guanidine groups is 1. The number of rotatable bonds is 6. The van der Waals surface area contributed by atoms with Gasteiger partial charge in [-0.2, -0.15) is 0 Å². The van der Waals surface area contributed by atoms with Crippen molar-refractivity contribution in [2.24, 2.45) is 4.99 Å². The Balaban J connectivity index is 0.00000341. The zero-order valence-corrected chi connectivity index (χ0v) is 20.8. The maximum Gasteiger partial charge on any atom is 0.251 e. The molecule has 0 spiro atoms. The molecule has 1 aromatic carbocycles. The third kappa shape index (κ3) is 7.34. The zero-order chi connectivity index (χ0) is 21.3. The molecule has 1 aromatic rings. The van der Waals surface area contributed by atoms with Gasteiger partial charge in [-0.25, -0.2) is 0 Å².